The van der Waals surface area contributed by atoms with E-state index in [4.69, 9.17) is 0 Å². The molecule has 2 aromatic carbocycles. The molecule has 1 aliphatic rings. The Morgan fingerprint density at radius 2 is 1.91 bits per heavy atom. The van der Waals surface area contributed by atoms with Gasteiger partial charge in [-0.3, -0.25) is 9.59 Å². The minimum Gasteiger partial charge on any atom is -0.351 e. The average molecular weight is 433 g/mol. The van der Waals surface area contributed by atoms with Gasteiger partial charge in [-0.15, -0.1) is 5.10 Å². The summed E-state index contributed by atoms with van der Waals surface area (Å²) in [6, 6.07) is 17.2. The number of carbonyl (C=O) groups excluding carboxylic acids is 2. The number of carbonyl (C=O) groups is 2. The fraction of sp³-hybridized carbons (Fsp3) is 0.375. The lowest BCUT2D eigenvalue weighted by Gasteiger charge is -2.30. The molecule has 1 aromatic heterocycles. The topological polar surface area (TPSA) is 93.0 Å². The van der Waals surface area contributed by atoms with Crippen molar-refractivity contribution >= 4 is 11.8 Å². The van der Waals surface area contributed by atoms with Crippen molar-refractivity contribution in [2.24, 2.45) is 0 Å². The Morgan fingerprint density at radius 3 is 2.59 bits per heavy atom. The number of nitrogens with zero attached hydrogens (tertiary/aromatic N) is 5. The maximum Gasteiger partial charge on any atom is 0.223 e. The van der Waals surface area contributed by atoms with E-state index in [9.17, 15) is 9.59 Å². The Balaban J connectivity index is 1.64. The molecule has 1 N–H and O–H groups in total. The fourth-order valence-corrected chi connectivity index (χ4v) is 4.26. The molecule has 166 valence electrons. The zero-order valence-electron chi connectivity index (χ0n) is 18.7. The molecule has 0 aliphatic carbocycles. The van der Waals surface area contributed by atoms with Crippen LogP contribution in [0.25, 0.3) is 5.69 Å². The van der Waals surface area contributed by atoms with Crippen molar-refractivity contribution in [2.45, 2.75) is 51.1 Å². The summed E-state index contributed by atoms with van der Waals surface area (Å²) in [6.07, 6.45) is 2.17. The smallest absolute Gasteiger partial charge is 0.223 e. The summed E-state index contributed by atoms with van der Waals surface area (Å²) in [5.41, 5.74) is 2.49. The van der Waals surface area contributed by atoms with E-state index in [2.05, 4.69) is 20.8 Å². The Bertz CT molecular complexity index is 1110. The molecule has 8 heteroatoms. The maximum atomic E-state index is 13.3. The number of benzene rings is 2. The van der Waals surface area contributed by atoms with Gasteiger partial charge in [-0.2, -0.15) is 4.68 Å². The van der Waals surface area contributed by atoms with Gasteiger partial charge < -0.3 is 10.2 Å². The molecule has 0 bridgehead atoms. The molecule has 4 rings (SSSR count). The molecule has 8 nitrogen and oxygen atoms in total. The van der Waals surface area contributed by atoms with Gasteiger partial charge in [-0.05, 0) is 54.3 Å². The molecule has 2 atom stereocenters. The predicted octanol–water partition coefficient (Wildman–Crippen LogP) is 2.97. The van der Waals surface area contributed by atoms with E-state index in [1.807, 2.05) is 68.4 Å². The molecule has 0 unspecified atom stereocenters. The van der Waals surface area contributed by atoms with Gasteiger partial charge in [0.1, 0.15) is 6.04 Å². The van der Waals surface area contributed by atoms with Crippen molar-refractivity contribution in [1.82, 2.24) is 30.4 Å². The summed E-state index contributed by atoms with van der Waals surface area (Å²) < 4.78 is 1.70. The number of aryl methyl sites for hydroxylation is 1. The highest BCUT2D eigenvalue weighted by molar-refractivity contribution is 5.80. The van der Waals surface area contributed by atoms with Crippen molar-refractivity contribution < 1.29 is 9.59 Å². The monoisotopic (exact) mass is 432 g/mol. The molecule has 1 saturated heterocycles. The summed E-state index contributed by atoms with van der Waals surface area (Å²) in [5.74, 6) is 0.593. The van der Waals surface area contributed by atoms with Crippen LogP contribution in [-0.4, -0.2) is 49.5 Å². The van der Waals surface area contributed by atoms with Crippen LogP contribution in [0.3, 0.4) is 0 Å². The molecule has 0 radical (unpaired) electrons. The Kier molecular flexibility index (Phi) is 6.03. The molecule has 1 aliphatic heterocycles. The number of amides is 2. The van der Waals surface area contributed by atoms with Crippen LogP contribution in [0.4, 0.5) is 0 Å². The van der Waals surface area contributed by atoms with E-state index in [-0.39, 0.29) is 17.4 Å². The maximum absolute atomic E-state index is 13.3. The van der Waals surface area contributed by atoms with Gasteiger partial charge in [0.05, 0.1) is 5.69 Å². The van der Waals surface area contributed by atoms with Crippen LogP contribution in [0.15, 0.2) is 54.6 Å². The van der Waals surface area contributed by atoms with E-state index >= 15 is 0 Å². The Labute approximate surface area is 187 Å². The second kappa shape index (κ2) is 8.90. The third-order valence-electron chi connectivity index (χ3n) is 6.21. The van der Waals surface area contributed by atoms with E-state index < -0.39 is 6.04 Å². The van der Waals surface area contributed by atoms with Crippen LogP contribution in [0.1, 0.15) is 55.6 Å². The first-order valence-electron chi connectivity index (χ1n) is 10.8. The molecular formula is C24H28N6O2. The van der Waals surface area contributed by atoms with E-state index in [1.54, 1.807) is 16.6 Å². The van der Waals surface area contributed by atoms with Crippen LogP contribution >= 0.6 is 0 Å². The fourth-order valence-electron chi connectivity index (χ4n) is 4.26. The van der Waals surface area contributed by atoms with Gasteiger partial charge in [-0.25, -0.2) is 0 Å². The first-order valence-corrected chi connectivity index (χ1v) is 10.8. The lowest BCUT2D eigenvalue weighted by atomic mass is 9.93. The average Bonchev–Trinajstić information content (AvgIpc) is 3.40. The molecule has 2 amide bonds. The van der Waals surface area contributed by atoms with Gasteiger partial charge in [0.2, 0.25) is 11.8 Å². The zero-order valence-corrected chi connectivity index (χ0v) is 18.7. The standard InChI is InChI=1S/C24H28N6O2/c1-17-9-7-8-12-19(17)30-23(26-27-28-30)22(18-10-5-4-6-11-18)29(3)21(32)14-16-24(2)15-13-20(31)25-24/h4-12,22H,13-16H2,1-3H3,(H,25,31)/t22-,24-/m0/s1. The minimum absolute atomic E-state index is 0.0273. The van der Waals surface area contributed by atoms with Gasteiger partial charge in [0.15, 0.2) is 5.82 Å². The third-order valence-corrected chi connectivity index (χ3v) is 6.21. The Hall–Kier alpha value is -3.55. The van der Waals surface area contributed by atoms with Crippen molar-refractivity contribution in [1.29, 1.82) is 0 Å². The summed E-state index contributed by atoms with van der Waals surface area (Å²) in [4.78, 5) is 26.6. The van der Waals surface area contributed by atoms with Crippen molar-refractivity contribution in [3.63, 3.8) is 0 Å². The highest BCUT2D eigenvalue weighted by Crippen LogP contribution is 2.30. The minimum atomic E-state index is -0.454. The molecular weight excluding hydrogens is 404 g/mol. The number of para-hydroxylation sites is 1. The molecule has 2 heterocycles. The van der Waals surface area contributed by atoms with E-state index in [0.29, 0.717) is 25.1 Å². The summed E-state index contributed by atoms with van der Waals surface area (Å²) >= 11 is 0. The van der Waals surface area contributed by atoms with E-state index in [1.165, 1.54) is 0 Å². The molecule has 0 saturated carbocycles. The van der Waals surface area contributed by atoms with Gasteiger partial charge in [0.25, 0.3) is 0 Å². The van der Waals surface area contributed by atoms with Gasteiger partial charge in [0, 0.05) is 25.4 Å². The molecule has 1 fully saturated rings. The SMILES string of the molecule is Cc1ccccc1-n1nnnc1[C@H](c1ccccc1)N(C)C(=O)CC[C@]1(C)CCC(=O)N1. The summed E-state index contributed by atoms with van der Waals surface area (Å²) in [5, 5.41) is 15.5. The highest BCUT2D eigenvalue weighted by Gasteiger charge is 2.35. The van der Waals surface area contributed by atoms with Crippen LogP contribution < -0.4 is 5.32 Å². The highest BCUT2D eigenvalue weighted by atomic mass is 16.2. The van der Waals surface area contributed by atoms with Crippen LogP contribution in [0.5, 0.6) is 0 Å². The normalized spacial score (nSPS) is 18.9. The number of tetrazole rings is 1. The first kappa shape index (κ1) is 21.7. The second-order valence-corrected chi connectivity index (χ2v) is 8.66. The van der Waals surface area contributed by atoms with Crippen LogP contribution in [0.2, 0.25) is 0 Å². The van der Waals surface area contributed by atoms with Crippen molar-refractivity contribution in [3.8, 4) is 5.69 Å². The first-order chi connectivity index (χ1) is 15.4. The molecule has 32 heavy (non-hydrogen) atoms. The number of hydrogen-bond acceptors (Lipinski definition) is 5. The third kappa shape index (κ3) is 4.39. The van der Waals surface area contributed by atoms with Gasteiger partial charge >= 0.3 is 0 Å². The lowest BCUT2D eigenvalue weighted by Crippen LogP contribution is -2.40. The predicted molar refractivity (Wildman–Crippen MR) is 120 cm³/mol. The van der Waals surface area contributed by atoms with Crippen molar-refractivity contribution in [2.75, 3.05) is 7.05 Å². The largest absolute Gasteiger partial charge is 0.351 e. The number of nitrogens with one attached hydrogen (secondary N) is 1. The van der Waals surface area contributed by atoms with Crippen LogP contribution in [-0.2, 0) is 9.59 Å². The molecule has 3 aromatic rings. The quantitative estimate of drug-likeness (QED) is 0.620. The molecule has 0 spiro atoms. The summed E-state index contributed by atoms with van der Waals surface area (Å²) in [7, 11) is 1.78. The summed E-state index contributed by atoms with van der Waals surface area (Å²) in [6.45, 7) is 4.00. The second-order valence-electron chi connectivity index (χ2n) is 8.66. The van der Waals surface area contributed by atoms with Crippen molar-refractivity contribution in [3.05, 3.63) is 71.5 Å². The van der Waals surface area contributed by atoms with Gasteiger partial charge in [-0.1, -0.05) is 48.5 Å². The zero-order chi connectivity index (χ0) is 22.7. The number of hydrogen-bond donors (Lipinski definition) is 1. The Morgan fingerprint density at radius 1 is 1.19 bits per heavy atom. The number of aromatic nitrogens is 4. The lowest BCUT2D eigenvalue weighted by molar-refractivity contribution is -0.132. The van der Waals surface area contributed by atoms with E-state index in [0.717, 1.165) is 23.2 Å². The number of rotatable bonds is 7. The van der Waals surface area contributed by atoms with Crippen LogP contribution in [0, 0.1) is 6.92 Å².